The maximum Gasteiger partial charge on any atom is 0.208 e. The highest BCUT2D eigenvalue weighted by atomic mass is 32.2. The van der Waals surface area contributed by atoms with Gasteiger partial charge in [0.25, 0.3) is 0 Å². The van der Waals surface area contributed by atoms with E-state index >= 15 is 0 Å². The molecule has 0 aromatic heterocycles. The molecule has 1 aliphatic rings. The van der Waals surface area contributed by atoms with Crippen LogP contribution in [0.25, 0.3) is 0 Å². The Hall–Kier alpha value is -0.950. The van der Waals surface area contributed by atoms with Gasteiger partial charge in [-0.3, -0.25) is 4.90 Å². The van der Waals surface area contributed by atoms with Crippen LogP contribution in [0.3, 0.4) is 0 Å². The van der Waals surface area contributed by atoms with E-state index in [2.05, 4.69) is 28.7 Å². The summed E-state index contributed by atoms with van der Waals surface area (Å²) in [6.45, 7) is 8.14. The molecule has 5 nitrogen and oxygen atoms in total. The summed E-state index contributed by atoms with van der Waals surface area (Å²) in [5, 5.41) is 0. The number of nitrogens with one attached hydrogen (secondary N) is 1. The van der Waals surface area contributed by atoms with Gasteiger partial charge < -0.3 is 4.74 Å². The van der Waals surface area contributed by atoms with Crippen LogP contribution in [-0.4, -0.2) is 50.4 Å². The fourth-order valence-electron chi connectivity index (χ4n) is 2.88. The Balaban J connectivity index is 2.09. The summed E-state index contributed by atoms with van der Waals surface area (Å²) in [7, 11) is -3.21. The number of benzene rings is 1. The molecular formula is C16H26N2O3S. The Labute approximate surface area is 133 Å². The van der Waals surface area contributed by atoms with Gasteiger partial charge in [0, 0.05) is 25.7 Å². The van der Waals surface area contributed by atoms with E-state index < -0.39 is 10.0 Å². The summed E-state index contributed by atoms with van der Waals surface area (Å²) < 4.78 is 31.3. The zero-order chi connectivity index (χ0) is 16.4. The Kier molecular flexibility index (Phi) is 5.27. The molecule has 0 spiro atoms. The van der Waals surface area contributed by atoms with Gasteiger partial charge in [0.2, 0.25) is 10.0 Å². The highest BCUT2D eigenvalue weighted by Crippen LogP contribution is 2.27. The van der Waals surface area contributed by atoms with Gasteiger partial charge in [0.05, 0.1) is 18.0 Å². The first-order valence-corrected chi connectivity index (χ1v) is 9.46. The third-order valence-electron chi connectivity index (χ3n) is 3.94. The minimum atomic E-state index is -3.21. The number of hydrogen-bond acceptors (Lipinski definition) is 4. The average Bonchev–Trinajstić information content (AvgIpc) is 2.41. The van der Waals surface area contributed by atoms with Crippen molar-refractivity contribution in [1.82, 2.24) is 9.62 Å². The standard InChI is InChI=1S/C16H26N2O3S/c1-13-15(10-17-22(4,19)20)21-16(2,3)12-18(13)11-14-8-6-5-7-9-14/h5-9,13,15,17H,10-12H2,1-4H3. The Morgan fingerprint density at radius 2 is 1.95 bits per heavy atom. The zero-order valence-electron chi connectivity index (χ0n) is 13.7. The van der Waals surface area contributed by atoms with E-state index in [4.69, 9.17) is 4.74 Å². The predicted octanol–water partition coefficient (Wildman–Crippen LogP) is 1.60. The fourth-order valence-corrected chi connectivity index (χ4v) is 3.34. The molecule has 0 saturated carbocycles. The van der Waals surface area contributed by atoms with Crippen molar-refractivity contribution in [3.8, 4) is 0 Å². The van der Waals surface area contributed by atoms with Crippen molar-refractivity contribution in [2.45, 2.75) is 45.1 Å². The fraction of sp³-hybridized carbons (Fsp3) is 0.625. The molecule has 1 N–H and O–H groups in total. The molecular weight excluding hydrogens is 300 g/mol. The van der Waals surface area contributed by atoms with E-state index in [-0.39, 0.29) is 17.7 Å². The maximum atomic E-state index is 11.3. The lowest BCUT2D eigenvalue weighted by atomic mass is 9.99. The molecule has 1 aromatic rings. The molecule has 1 aromatic carbocycles. The van der Waals surface area contributed by atoms with Gasteiger partial charge in [0.15, 0.2) is 0 Å². The van der Waals surface area contributed by atoms with Crippen LogP contribution in [0.15, 0.2) is 30.3 Å². The average molecular weight is 326 g/mol. The van der Waals surface area contributed by atoms with Gasteiger partial charge in [-0.1, -0.05) is 30.3 Å². The number of hydrogen-bond donors (Lipinski definition) is 1. The van der Waals surface area contributed by atoms with Crippen molar-refractivity contribution in [1.29, 1.82) is 0 Å². The highest BCUT2D eigenvalue weighted by Gasteiger charge is 2.38. The molecule has 0 aliphatic carbocycles. The topological polar surface area (TPSA) is 58.6 Å². The second-order valence-corrected chi connectivity index (χ2v) is 8.50. The third-order valence-corrected chi connectivity index (χ3v) is 4.63. The van der Waals surface area contributed by atoms with E-state index in [0.717, 1.165) is 13.1 Å². The van der Waals surface area contributed by atoms with Crippen LogP contribution in [0.2, 0.25) is 0 Å². The summed E-state index contributed by atoms with van der Waals surface area (Å²) in [4.78, 5) is 2.35. The Morgan fingerprint density at radius 1 is 1.32 bits per heavy atom. The van der Waals surface area contributed by atoms with Crippen LogP contribution in [0, 0.1) is 0 Å². The van der Waals surface area contributed by atoms with Gasteiger partial charge in [-0.2, -0.15) is 0 Å². The minimum absolute atomic E-state index is 0.141. The molecule has 1 aliphatic heterocycles. The Morgan fingerprint density at radius 3 is 2.55 bits per heavy atom. The monoisotopic (exact) mass is 326 g/mol. The molecule has 0 radical (unpaired) electrons. The molecule has 0 bridgehead atoms. The van der Waals surface area contributed by atoms with Crippen molar-refractivity contribution < 1.29 is 13.2 Å². The van der Waals surface area contributed by atoms with Crippen LogP contribution in [0.1, 0.15) is 26.3 Å². The van der Waals surface area contributed by atoms with Crippen LogP contribution in [0.5, 0.6) is 0 Å². The van der Waals surface area contributed by atoms with E-state index in [9.17, 15) is 8.42 Å². The van der Waals surface area contributed by atoms with Crippen LogP contribution < -0.4 is 4.72 Å². The summed E-state index contributed by atoms with van der Waals surface area (Å²) in [6, 6.07) is 10.4. The lowest BCUT2D eigenvalue weighted by molar-refractivity contribution is -0.159. The smallest absolute Gasteiger partial charge is 0.208 e. The minimum Gasteiger partial charge on any atom is -0.368 e. The van der Waals surface area contributed by atoms with E-state index in [1.54, 1.807) is 0 Å². The molecule has 1 heterocycles. The molecule has 2 rings (SSSR count). The van der Waals surface area contributed by atoms with Gasteiger partial charge in [-0.15, -0.1) is 0 Å². The second-order valence-electron chi connectivity index (χ2n) is 6.67. The predicted molar refractivity (Wildman–Crippen MR) is 88.1 cm³/mol. The maximum absolute atomic E-state index is 11.3. The molecule has 124 valence electrons. The van der Waals surface area contributed by atoms with Crippen LogP contribution in [-0.2, 0) is 21.3 Å². The van der Waals surface area contributed by atoms with Crippen molar-refractivity contribution in [3.05, 3.63) is 35.9 Å². The van der Waals surface area contributed by atoms with E-state index in [1.807, 2.05) is 32.0 Å². The Bertz CT molecular complexity index is 587. The summed E-state index contributed by atoms with van der Waals surface area (Å²) in [6.07, 6.45) is 1.01. The third kappa shape index (κ3) is 5.05. The molecule has 2 atom stereocenters. The first kappa shape index (κ1) is 17.4. The van der Waals surface area contributed by atoms with E-state index in [0.29, 0.717) is 6.54 Å². The molecule has 22 heavy (non-hydrogen) atoms. The second kappa shape index (κ2) is 6.66. The van der Waals surface area contributed by atoms with Crippen LogP contribution >= 0.6 is 0 Å². The van der Waals surface area contributed by atoms with Crippen molar-refractivity contribution >= 4 is 10.0 Å². The molecule has 0 amide bonds. The van der Waals surface area contributed by atoms with Crippen molar-refractivity contribution in [2.75, 3.05) is 19.3 Å². The van der Waals surface area contributed by atoms with Gasteiger partial charge >= 0.3 is 0 Å². The van der Waals surface area contributed by atoms with E-state index in [1.165, 1.54) is 11.8 Å². The summed E-state index contributed by atoms with van der Waals surface area (Å²) >= 11 is 0. The quantitative estimate of drug-likeness (QED) is 0.893. The first-order valence-electron chi connectivity index (χ1n) is 7.57. The number of nitrogens with zero attached hydrogens (tertiary/aromatic N) is 1. The zero-order valence-corrected chi connectivity index (χ0v) is 14.6. The first-order chi connectivity index (χ1) is 10.2. The van der Waals surface area contributed by atoms with Crippen molar-refractivity contribution in [3.63, 3.8) is 0 Å². The highest BCUT2D eigenvalue weighted by molar-refractivity contribution is 7.88. The molecule has 2 unspecified atom stereocenters. The summed E-state index contributed by atoms with van der Waals surface area (Å²) in [5.74, 6) is 0. The lowest BCUT2D eigenvalue weighted by Gasteiger charge is -2.47. The number of ether oxygens (including phenoxy) is 1. The SMILES string of the molecule is CC1C(CNS(C)(=O)=O)OC(C)(C)CN1Cc1ccccc1. The lowest BCUT2D eigenvalue weighted by Crippen LogP contribution is -2.59. The molecule has 1 saturated heterocycles. The molecule has 6 heteroatoms. The largest absolute Gasteiger partial charge is 0.368 e. The van der Waals surface area contributed by atoms with Gasteiger partial charge in [0.1, 0.15) is 0 Å². The van der Waals surface area contributed by atoms with Gasteiger partial charge in [-0.25, -0.2) is 13.1 Å². The molecule has 1 fully saturated rings. The number of morpholine rings is 1. The number of rotatable bonds is 5. The van der Waals surface area contributed by atoms with Crippen molar-refractivity contribution in [2.24, 2.45) is 0 Å². The van der Waals surface area contributed by atoms with Crippen LogP contribution in [0.4, 0.5) is 0 Å². The summed E-state index contributed by atoms with van der Waals surface area (Å²) in [5.41, 5.74) is 0.951. The normalized spacial score (nSPS) is 26.0. The number of sulfonamides is 1. The van der Waals surface area contributed by atoms with Gasteiger partial charge in [-0.05, 0) is 26.3 Å².